The molecule has 0 radical (unpaired) electrons. The lowest BCUT2D eigenvalue weighted by Crippen LogP contribution is -2.50. The van der Waals surface area contributed by atoms with Crippen LogP contribution in [0.1, 0.15) is 26.7 Å². The Bertz CT molecular complexity index is 861. The lowest BCUT2D eigenvalue weighted by atomic mass is 9.59. The van der Waals surface area contributed by atoms with Crippen LogP contribution in [0.2, 0.25) is 0 Å². The third kappa shape index (κ3) is 1.61. The maximum absolute atomic E-state index is 11.9. The van der Waals surface area contributed by atoms with Crippen LogP contribution in [-0.2, 0) is 38.1 Å². The summed E-state index contributed by atoms with van der Waals surface area (Å²) in [5.74, 6) is -0.287. The molecular formula is C20H20O8S. The monoisotopic (exact) mass is 420 g/mol. The Balaban J connectivity index is 0.000000114. The quantitative estimate of drug-likeness (QED) is 0.319. The second kappa shape index (κ2) is 5.12. The number of cyclic esters (lactones) is 4. The van der Waals surface area contributed by atoms with E-state index in [1.807, 2.05) is 12.2 Å². The van der Waals surface area contributed by atoms with E-state index in [9.17, 15) is 19.2 Å². The Morgan fingerprint density at radius 1 is 0.759 bits per heavy atom. The van der Waals surface area contributed by atoms with Crippen molar-refractivity contribution >= 4 is 35.6 Å². The van der Waals surface area contributed by atoms with Gasteiger partial charge < -0.3 is 18.9 Å². The summed E-state index contributed by atoms with van der Waals surface area (Å²) in [6.45, 7) is 3.59. The number of hydrogen-bond acceptors (Lipinski definition) is 9. The van der Waals surface area contributed by atoms with Gasteiger partial charge in [0.2, 0.25) is 0 Å². The van der Waals surface area contributed by atoms with Gasteiger partial charge in [0.15, 0.2) is 0 Å². The molecule has 0 N–H and O–H groups in total. The molecule has 7 rings (SSSR count). The van der Waals surface area contributed by atoms with Crippen molar-refractivity contribution in [3.05, 3.63) is 12.2 Å². The first kappa shape index (κ1) is 18.1. The highest BCUT2D eigenvalue weighted by atomic mass is 32.2. The molecule has 154 valence electrons. The average molecular weight is 420 g/mol. The largest absolute Gasteiger partial charge is 0.392 e. The summed E-state index contributed by atoms with van der Waals surface area (Å²) in [5.41, 5.74) is -2.91. The number of fused-ring (bicyclic) bond motifs is 7. The lowest BCUT2D eigenvalue weighted by molar-refractivity contribution is -0.161. The number of carbonyl (C=O) groups is 4. The van der Waals surface area contributed by atoms with Gasteiger partial charge >= 0.3 is 23.9 Å². The van der Waals surface area contributed by atoms with Gasteiger partial charge in [0.1, 0.15) is 21.7 Å². The molecule has 0 amide bonds. The molecule has 4 bridgehead atoms. The molecule has 0 spiro atoms. The average Bonchev–Trinajstić information content (AvgIpc) is 3.49. The lowest BCUT2D eigenvalue weighted by Gasteiger charge is -2.34. The fourth-order valence-electron chi connectivity index (χ4n) is 6.43. The van der Waals surface area contributed by atoms with Crippen molar-refractivity contribution in [1.82, 2.24) is 0 Å². The maximum atomic E-state index is 11.9. The molecule has 0 saturated carbocycles. The van der Waals surface area contributed by atoms with Gasteiger partial charge in [-0.15, -0.1) is 0 Å². The van der Waals surface area contributed by atoms with Crippen molar-refractivity contribution in [2.45, 2.75) is 51.1 Å². The van der Waals surface area contributed by atoms with Gasteiger partial charge in [0.25, 0.3) is 0 Å². The van der Waals surface area contributed by atoms with Crippen LogP contribution >= 0.6 is 11.8 Å². The zero-order valence-corrected chi connectivity index (χ0v) is 16.8. The minimum absolute atomic E-state index is 0.128. The van der Waals surface area contributed by atoms with Crippen molar-refractivity contribution in [3.63, 3.8) is 0 Å². The van der Waals surface area contributed by atoms with Crippen molar-refractivity contribution in [2.75, 3.05) is 11.5 Å². The van der Waals surface area contributed by atoms with Gasteiger partial charge in [-0.1, -0.05) is 12.2 Å². The van der Waals surface area contributed by atoms with Gasteiger partial charge in [0.05, 0.1) is 24.4 Å². The first-order chi connectivity index (χ1) is 13.7. The molecule has 6 fully saturated rings. The fourth-order valence-corrected chi connectivity index (χ4v) is 8.26. The predicted molar refractivity (Wildman–Crippen MR) is 96.3 cm³/mol. The van der Waals surface area contributed by atoms with Crippen LogP contribution in [0.3, 0.4) is 0 Å². The van der Waals surface area contributed by atoms with Crippen molar-refractivity contribution < 1.29 is 38.1 Å². The minimum Gasteiger partial charge on any atom is -0.392 e. The fraction of sp³-hybridized carbons (Fsp3) is 0.700. The Morgan fingerprint density at radius 3 is 1.69 bits per heavy atom. The molecule has 8 atom stereocenters. The Kier molecular flexibility index (Phi) is 3.20. The summed E-state index contributed by atoms with van der Waals surface area (Å²) >= 11 is 1.65. The number of ether oxygens (including phenoxy) is 4. The Labute approximate surface area is 170 Å². The first-order valence-corrected chi connectivity index (χ1v) is 11.0. The summed E-state index contributed by atoms with van der Waals surface area (Å²) in [4.78, 5) is 47.1. The van der Waals surface area contributed by atoms with Gasteiger partial charge in [-0.25, -0.2) is 0 Å². The number of esters is 4. The van der Waals surface area contributed by atoms with Gasteiger partial charge in [0, 0.05) is 11.5 Å². The van der Waals surface area contributed by atoms with Crippen molar-refractivity contribution in [2.24, 2.45) is 21.7 Å². The topological polar surface area (TPSA) is 105 Å². The molecule has 9 heteroatoms. The summed E-state index contributed by atoms with van der Waals surface area (Å²) in [6, 6.07) is 0. The third-order valence-corrected chi connectivity index (χ3v) is 9.83. The van der Waals surface area contributed by atoms with E-state index < -0.39 is 33.6 Å². The van der Waals surface area contributed by atoms with E-state index in [0.29, 0.717) is 11.5 Å². The highest BCUT2D eigenvalue weighted by Crippen LogP contribution is 2.67. The van der Waals surface area contributed by atoms with Crippen LogP contribution in [0.15, 0.2) is 12.2 Å². The SMILES string of the molecule is C[C@@]12C(=O)OC(=O)[C@]1(C)[C@H]1CC[C@@H]2O1.O=C1OC(=O)C23CSCC12C1C=CC3O1. The molecule has 4 unspecified atom stereocenters. The summed E-state index contributed by atoms with van der Waals surface area (Å²) in [5, 5.41) is 0. The minimum atomic E-state index is -0.743. The second-order valence-electron chi connectivity index (χ2n) is 9.25. The molecule has 0 aromatic carbocycles. The number of carbonyl (C=O) groups excluding carboxylic acids is 4. The van der Waals surface area contributed by atoms with Gasteiger partial charge in [-0.2, -0.15) is 11.8 Å². The van der Waals surface area contributed by atoms with E-state index in [1.54, 1.807) is 25.6 Å². The molecule has 7 heterocycles. The molecule has 0 aliphatic carbocycles. The van der Waals surface area contributed by atoms with Crippen LogP contribution < -0.4 is 0 Å². The third-order valence-electron chi connectivity index (χ3n) is 8.51. The zero-order chi connectivity index (χ0) is 20.4. The highest BCUT2D eigenvalue weighted by molar-refractivity contribution is 7.99. The summed E-state index contributed by atoms with van der Waals surface area (Å²) < 4.78 is 21.0. The molecule has 7 aliphatic rings. The maximum Gasteiger partial charge on any atom is 0.324 e. The van der Waals surface area contributed by atoms with E-state index in [-0.39, 0.29) is 36.4 Å². The number of hydrogen-bond donors (Lipinski definition) is 0. The normalized spacial score (nSPS) is 54.8. The van der Waals surface area contributed by atoms with Gasteiger partial charge in [-0.05, 0) is 26.7 Å². The second-order valence-corrected chi connectivity index (χ2v) is 10.2. The van der Waals surface area contributed by atoms with Crippen LogP contribution in [0, 0.1) is 21.7 Å². The van der Waals surface area contributed by atoms with E-state index in [2.05, 4.69) is 0 Å². The molecule has 7 aliphatic heterocycles. The van der Waals surface area contributed by atoms with E-state index in [4.69, 9.17) is 18.9 Å². The van der Waals surface area contributed by atoms with Crippen LogP contribution in [0.5, 0.6) is 0 Å². The zero-order valence-electron chi connectivity index (χ0n) is 16.0. The highest BCUT2D eigenvalue weighted by Gasteiger charge is 2.82. The van der Waals surface area contributed by atoms with Crippen LogP contribution in [0.25, 0.3) is 0 Å². The number of thioether (sulfide) groups is 1. The van der Waals surface area contributed by atoms with Crippen LogP contribution in [0.4, 0.5) is 0 Å². The molecule has 0 aromatic rings. The Hall–Kier alpha value is -1.71. The van der Waals surface area contributed by atoms with Crippen molar-refractivity contribution in [1.29, 1.82) is 0 Å². The smallest absolute Gasteiger partial charge is 0.324 e. The molecule has 8 nitrogen and oxygen atoms in total. The van der Waals surface area contributed by atoms with E-state index in [0.717, 1.165) is 12.8 Å². The number of rotatable bonds is 0. The summed E-state index contributed by atoms with van der Waals surface area (Å²) in [7, 11) is 0. The predicted octanol–water partition coefficient (Wildman–Crippen LogP) is 0.770. The van der Waals surface area contributed by atoms with Crippen LogP contribution in [-0.4, -0.2) is 59.8 Å². The first-order valence-electron chi connectivity index (χ1n) is 9.83. The molecule has 6 saturated heterocycles. The Morgan fingerprint density at radius 2 is 1.21 bits per heavy atom. The summed E-state index contributed by atoms with van der Waals surface area (Å²) in [6.07, 6.45) is 4.75. The molecule has 29 heavy (non-hydrogen) atoms. The van der Waals surface area contributed by atoms with Crippen molar-refractivity contribution in [3.8, 4) is 0 Å². The molecular weight excluding hydrogens is 400 g/mol. The van der Waals surface area contributed by atoms with E-state index >= 15 is 0 Å². The van der Waals surface area contributed by atoms with E-state index in [1.165, 1.54) is 0 Å². The van der Waals surface area contributed by atoms with Gasteiger partial charge in [-0.3, -0.25) is 19.2 Å². The molecule has 0 aromatic heterocycles. The standard InChI is InChI=1S/C10H8O4S.C10H12O4/c11-7-9-3-15-4-10(9,8(12)14-7)6-2-1-5(9)13-6;1-9-5-3-4-6(13-5)10(9,2)8(12)14-7(9)11/h1-2,5-6H,3-4H2;5-6H,3-4H2,1-2H3/t;5-,6+,9+,10-.